The highest BCUT2D eigenvalue weighted by atomic mass is 16.5. The molecule has 9 heteroatoms. The average Bonchev–Trinajstić information content (AvgIpc) is 3.76. The molecule has 0 radical (unpaired) electrons. The quantitative estimate of drug-likeness (QED) is 0.212. The first-order valence-electron chi connectivity index (χ1n) is 23.0. The molecule has 6 saturated carbocycles. The molecule has 0 aromatic heterocycles. The SMILES string of the molecule is COC1CC([C@H]2OC3C(CCC4C5C(CC(O)CC5OC)C[C@]5(CC[C@@H]([C@H](CCC6CCCCC6)C6CCC(N)[NH2+]C6)C5)C43)[C@H]2COC(C)=O)CCC1O. The molecule has 6 N–H and O–H groups in total. The Bertz CT molecular complexity index is 1240. The van der Waals surface area contributed by atoms with Gasteiger partial charge in [-0.05, 0) is 142 Å². The Morgan fingerprint density at radius 3 is 2.39 bits per heavy atom. The summed E-state index contributed by atoms with van der Waals surface area (Å²) < 4.78 is 25.6. The predicted molar refractivity (Wildman–Crippen MR) is 207 cm³/mol. The van der Waals surface area contributed by atoms with Crippen molar-refractivity contribution in [1.82, 2.24) is 0 Å². The van der Waals surface area contributed by atoms with Crippen LogP contribution >= 0.6 is 0 Å². The van der Waals surface area contributed by atoms with E-state index in [4.69, 9.17) is 24.7 Å². The van der Waals surface area contributed by atoms with Crippen LogP contribution in [0.3, 0.4) is 0 Å². The number of carbonyl (C=O) groups is 1. The van der Waals surface area contributed by atoms with Crippen molar-refractivity contribution >= 4 is 5.97 Å². The number of quaternary nitrogens is 1. The van der Waals surface area contributed by atoms with Crippen molar-refractivity contribution in [3.63, 3.8) is 0 Å². The molecule has 1 spiro atoms. The fraction of sp³-hybridized carbons (Fsp3) is 0.978. The van der Waals surface area contributed by atoms with Crippen LogP contribution in [0, 0.1) is 70.5 Å². The molecule has 0 aromatic carbocycles. The highest BCUT2D eigenvalue weighted by Gasteiger charge is 2.66. The van der Waals surface area contributed by atoms with Gasteiger partial charge in [-0.3, -0.25) is 10.5 Å². The molecule has 13 unspecified atom stereocenters. The molecular weight excluding hydrogens is 681 g/mol. The van der Waals surface area contributed by atoms with Gasteiger partial charge >= 0.3 is 5.97 Å². The minimum atomic E-state index is -0.434. The van der Waals surface area contributed by atoms with Crippen LogP contribution in [0.5, 0.6) is 0 Å². The van der Waals surface area contributed by atoms with Gasteiger partial charge in [0.15, 0.2) is 0 Å². The Hall–Kier alpha value is -0.810. The lowest BCUT2D eigenvalue weighted by molar-refractivity contribution is -0.704. The van der Waals surface area contributed by atoms with E-state index in [0.29, 0.717) is 36.2 Å². The summed E-state index contributed by atoms with van der Waals surface area (Å²) in [5.74, 6) is 5.71. The van der Waals surface area contributed by atoms with Gasteiger partial charge in [0.25, 0.3) is 0 Å². The highest BCUT2D eigenvalue weighted by molar-refractivity contribution is 5.65. The van der Waals surface area contributed by atoms with Gasteiger partial charge in [0.1, 0.15) is 6.17 Å². The number of carbonyl (C=O) groups excluding carboxylic acids is 1. The van der Waals surface area contributed by atoms with Gasteiger partial charge in [-0.25, -0.2) is 0 Å². The van der Waals surface area contributed by atoms with E-state index < -0.39 is 6.10 Å². The van der Waals surface area contributed by atoms with Crippen molar-refractivity contribution in [2.75, 3.05) is 27.4 Å². The van der Waals surface area contributed by atoms with Crippen LogP contribution in [-0.4, -0.2) is 86.3 Å². The standard InChI is InChI=1S/C45H76N2O7/c1-26(48)53-25-36-34-13-14-35-41-31(19-32(49)21-39(41)52-3)23-45(42(35)44(34)54-43(36)28-10-15-37(50)38(20-28)51-2)18-17-29(22-45)33(30-11-16-40(46)47-24-30)12-9-27-7-5-4-6-8-27/h27-44,47,49-50H,4-25,46H2,1-3H3/p+1/t28?,29-,30?,31?,32?,33+,34?,35?,36-,37?,38?,39?,40?,41?,42?,43-,44?,45-/m1/s1. The second kappa shape index (κ2) is 17.2. The molecule has 18 atom stereocenters. The highest BCUT2D eigenvalue weighted by Crippen LogP contribution is 2.69. The molecule has 2 heterocycles. The van der Waals surface area contributed by atoms with Crippen molar-refractivity contribution in [3.05, 3.63) is 0 Å². The van der Waals surface area contributed by atoms with Crippen molar-refractivity contribution in [2.45, 2.75) is 178 Å². The Labute approximate surface area is 326 Å². The lowest BCUT2D eigenvalue weighted by Crippen LogP contribution is -2.95. The molecule has 8 aliphatic rings. The number of piperidine rings is 1. The summed E-state index contributed by atoms with van der Waals surface area (Å²) >= 11 is 0. The summed E-state index contributed by atoms with van der Waals surface area (Å²) in [4.78, 5) is 12.3. The van der Waals surface area contributed by atoms with E-state index in [0.717, 1.165) is 68.6 Å². The van der Waals surface area contributed by atoms with Gasteiger partial charge in [0.2, 0.25) is 0 Å². The summed E-state index contributed by atoms with van der Waals surface area (Å²) in [6.45, 7) is 3.15. The summed E-state index contributed by atoms with van der Waals surface area (Å²) in [5.41, 5.74) is 6.66. The second-order valence-electron chi connectivity index (χ2n) is 20.4. The summed E-state index contributed by atoms with van der Waals surface area (Å²) in [7, 11) is 3.60. The topological polar surface area (TPSA) is 137 Å². The first-order valence-corrected chi connectivity index (χ1v) is 23.0. The Balaban J connectivity index is 1.11. The maximum atomic E-state index is 12.3. The van der Waals surface area contributed by atoms with Gasteiger partial charge in [0, 0.05) is 39.4 Å². The van der Waals surface area contributed by atoms with Crippen LogP contribution in [0.1, 0.15) is 135 Å². The molecule has 9 nitrogen and oxygen atoms in total. The van der Waals surface area contributed by atoms with E-state index >= 15 is 0 Å². The fourth-order valence-corrected chi connectivity index (χ4v) is 15.5. The van der Waals surface area contributed by atoms with Crippen molar-refractivity contribution in [2.24, 2.45) is 76.2 Å². The molecule has 54 heavy (non-hydrogen) atoms. The third-order valence-corrected chi connectivity index (χ3v) is 17.8. The lowest BCUT2D eigenvalue weighted by Gasteiger charge is -2.61. The average molecular weight is 758 g/mol. The number of rotatable bonds is 10. The smallest absolute Gasteiger partial charge is 0.302 e. The number of hydrogen-bond acceptors (Lipinski definition) is 8. The largest absolute Gasteiger partial charge is 0.465 e. The van der Waals surface area contributed by atoms with Crippen molar-refractivity contribution < 1.29 is 39.3 Å². The number of esters is 1. The van der Waals surface area contributed by atoms with E-state index in [1.165, 1.54) is 96.9 Å². The maximum Gasteiger partial charge on any atom is 0.302 e. The first kappa shape index (κ1) is 40.0. The molecule has 308 valence electrons. The zero-order valence-corrected chi connectivity index (χ0v) is 34.0. The molecule has 0 aromatic rings. The van der Waals surface area contributed by atoms with E-state index in [1.807, 2.05) is 7.11 Å². The Kier molecular flexibility index (Phi) is 12.7. The molecule has 6 aliphatic carbocycles. The molecule has 2 saturated heterocycles. The van der Waals surface area contributed by atoms with Crippen LogP contribution < -0.4 is 11.1 Å². The summed E-state index contributed by atoms with van der Waals surface area (Å²) in [6, 6.07) is 0. The van der Waals surface area contributed by atoms with E-state index in [1.54, 1.807) is 7.11 Å². The molecular formula is C45H77N2O7+. The molecule has 0 bridgehead atoms. The second-order valence-corrected chi connectivity index (χ2v) is 20.4. The number of fused-ring (bicyclic) bond motifs is 6. The van der Waals surface area contributed by atoms with Crippen molar-refractivity contribution in [1.29, 1.82) is 0 Å². The minimum absolute atomic E-state index is 0.00634. The van der Waals surface area contributed by atoms with Gasteiger partial charge in [-0.1, -0.05) is 38.5 Å². The Morgan fingerprint density at radius 2 is 1.65 bits per heavy atom. The van der Waals surface area contributed by atoms with E-state index in [2.05, 4.69) is 5.32 Å². The van der Waals surface area contributed by atoms with Crippen LogP contribution in [0.2, 0.25) is 0 Å². The zero-order valence-electron chi connectivity index (χ0n) is 34.0. The van der Waals surface area contributed by atoms with Gasteiger partial charge in [-0.2, -0.15) is 0 Å². The normalized spacial score (nSPS) is 48.9. The number of methoxy groups -OCH3 is 2. The first-order chi connectivity index (χ1) is 26.2. The number of aliphatic hydroxyl groups is 2. The number of nitrogens with two attached hydrogens (primary N) is 2. The molecule has 2 aliphatic heterocycles. The van der Waals surface area contributed by atoms with Gasteiger partial charge in [-0.15, -0.1) is 0 Å². The van der Waals surface area contributed by atoms with E-state index in [9.17, 15) is 15.0 Å². The van der Waals surface area contributed by atoms with Crippen molar-refractivity contribution in [3.8, 4) is 0 Å². The van der Waals surface area contributed by atoms with Gasteiger partial charge in [0.05, 0.1) is 49.8 Å². The lowest BCUT2D eigenvalue weighted by atomic mass is 9.45. The maximum absolute atomic E-state index is 12.3. The minimum Gasteiger partial charge on any atom is -0.465 e. The molecule has 8 fully saturated rings. The fourth-order valence-electron chi connectivity index (χ4n) is 15.5. The number of aliphatic hydroxyl groups excluding tert-OH is 2. The molecule has 0 amide bonds. The number of ether oxygens (including phenoxy) is 4. The van der Waals surface area contributed by atoms with Crippen LogP contribution in [0.25, 0.3) is 0 Å². The van der Waals surface area contributed by atoms with Crippen LogP contribution in [0.15, 0.2) is 0 Å². The third-order valence-electron chi connectivity index (χ3n) is 17.8. The predicted octanol–water partition coefficient (Wildman–Crippen LogP) is 5.58. The number of hydrogen-bond donors (Lipinski definition) is 4. The zero-order chi connectivity index (χ0) is 37.6. The monoisotopic (exact) mass is 758 g/mol. The summed E-state index contributed by atoms with van der Waals surface area (Å²) in [5, 5.41) is 24.5. The molecule has 8 rings (SSSR count). The summed E-state index contributed by atoms with van der Waals surface area (Å²) in [6.07, 6.45) is 23.4. The van der Waals surface area contributed by atoms with E-state index in [-0.39, 0.29) is 59.9 Å². The van der Waals surface area contributed by atoms with Gasteiger partial charge < -0.3 is 34.5 Å². The van der Waals surface area contributed by atoms with Crippen LogP contribution in [0.4, 0.5) is 0 Å². The Morgan fingerprint density at radius 1 is 0.852 bits per heavy atom. The van der Waals surface area contributed by atoms with Crippen LogP contribution in [-0.2, 0) is 23.7 Å². The third kappa shape index (κ3) is 7.97.